The van der Waals surface area contributed by atoms with Crippen molar-refractivity contribution in [3.8, 4) is 5.75 Å². The van der Waals surface area contributed by atoms with Crippen LogP contribution in [0.1, 0.15) is 36.6 Å². The second-order valence-electron chi connectivity index (χ2n) is 8.79. The molecule has 0 amide bonds. The molecule has 1 N–H and O–H groups in total. The van der Waals surface area contributed by atoms with Gasteiger partial charge in [0.15, 0.2) is 0 Å². The van der Waals surface area contributed by atoms with Crippen LogP contribution in [0.15, 0.2) is 89.2 Å². The van der Waals surface area contributed by atoms with Gasteiger partial charge in [-0.1, -0.05) is 96.5 Å². The SMILES string of the molecule is CCSc1nc2n(n1)C(c1ccccc1OCc1ccc(Cl)cc1Cl)C(C(=O)OCc1ccccc1)=C(C)N2. The van der Waals surface area contributed by atoms with E-state index < -0.39 is 12.0 Å². The molecule has 1 aliphatic heterocycles. The number of para-hydroxylation sites is 1. The number of benzene rings is 3. The average molecular weight is 582 g/mol. The fourth-order valence-electron chi connectivity index (χ4n) is 4.31. The van der Waals surface area contributed by atoms with Crippen LogP contribution in [0.2, 0.25) is 10.0 Å². The number of fused-ring (bicyclic) bond motifs is 1. The van der Waals surface area contributed by atoms with Gasteiger partial charge >= 0.3 is 5.97 Å². The van der Waals surface area contributed by atoms with Gasteiger partial charge in [-0.25, -0.2) is 9.48 Å². The van der Waals surface area contributed by atoms with Crippen LogP contribution in [0.5, 0.6) is 5.75 Å². The molecule has 0 spiro atoms. The summed E-state index contributed by atoms with van der Waals surface area (Å²) in [5.41, 5.74) is 3.50. The van der Waals surface area contributed by atoms with E-state index in [4.69, 9.17) is 37.8 Å². The molecule has 7 nitrogen and oxygen atoms in total. The summed E-state index contributed by atoms with van der Waals surface area (Å²) < 4.78 is 13.8. The van der Waals surface area contributed by atoms with Gasteiger partial charge in [0.1, 0.15) is 25.0 Å². The van der Waals surface area contributed by atoms with Crippen molar-refractivity contribution in [3.63, 3.8) is 0 Å². The molecule has 0 aliphatic carbocycles. The minimum absolute atomic E-state index is 0.150. The highest BCUT2D eigenvalue weighted by molar-refractivity contribution is 7.99. The van der Waals surface area contributed by atoms with Crippen molar-refractivity contribution >= 4 is 46.9 Å². The third-order valence-corrected chi connectivity index (χ3v) is 7.46. The van der Waals surface area contributed by atoms with Crippen LogP contribution < -0.4 is 10.1 Å². The molecule has 0 bridgehead atoms. The third kappa shape index (κ3) is 6.08. The Hall–Kier alpha value is -3.46. The van der Waals surface area contributed by atoms with Gasteiger partial charge < -0.3 is 14.8 Å². The number of esters is 1. The van der Waals surface area contributed by atoms with Crippen LogP contribution in [0.25, 0.3) is 0 Å². The van der Waals surface area contributed by atoms with E-state index in [0.29, 0.717) is 38.2 Å². The molecule has 0 saturated carbocycles. The predicted molar refractivity (Wildman–Crippen MR) is 154 cm³/mol. The average Bonchev–Trinajstić information content (AvgIpc) is 3.33. The maximum Gasteiger partial charge on any atom is 0.338 e. The molecule has 1 unspecified atom stereocenters. The van der Waals surface area contributed by atoms with Gasteiger partial charge in [0.2, 0.25) is 11.1 Å². The lowest BCUT2D eigenvalue weighted by atomic mass is 9.95. The number of ether oxygens (including phenoxy) is 2. The molecule has 5 rings (SSSR count). The van der Waals surface area contributed by atoms with Crippen LogP contribution in [0, 0.1) is 0 Å². The first-order valence-electron chi connectivity index (χ1n) is 12.4. The molecule has 200 valence electrons. The van der Waals surface area contributed by atoms with E-state index in [1.54, 1.807) is 16.8 Å². The van der Waals surface area contributed by atoms with E-state index >= 15 is 0 Å². The zero-order valence-electron chi connectivity index (χ0n) is 21.4. The highest BCUT2D eigenvalue weighted by Crippen LogP contribution is 2.40. The van der Waals surface area contributed by atoms with Gasteiger partial charge in [0.25, 0.3) is 0 Å². The number of anilines is 1. The first-order valence-corrected chi connectivity index (χ1v) is 14.1. The summed E-state index contributed by atoms with van der Waals surface area (Å²) in [4.78, 5) is 18.3. The molecule has 0 radical (unpaired) electrons. The van der Waals surface area contributed by atoms with Gasteiger partial charge in [-0.05, 0) is 36.4 Å². The number of aromatic nitrogens is 3. The Morgan fingerprint density at radius 1 is 1.05 bits per heavy atom. The molecule has 0 saturated heterocycles. The van der Waals surface area contributed by atoms with Crippen molar-refractivity contribution in [2.75, 3.05) is 11.1 Å². The van der Waals surface area contributed by atoms with Crippen LogP contribution in [-0.4, -0.2) is 26.5 Å². The Morgan fingerprint density at radius 2 is 1.82 bits per heavy atom. The van der Waals surface area contributed by atoms with Gasteiger partial charge in [-0.15, -0.1) is 5.10 Å². The highest BCUT2D eigenvalue weighted by Gasteiger charge is 2.37. The number of nitrogens with zero attached hydrogens (tertiary/aromatic N) is 3. The number of carbonyl (C=O) groups is 1. The van der Waals surface area contributed by atoms with Gasteiger partial charge in [0.05, 0.1) is 5.57 Å². The maximum atomic E-state index is 13.6. The largest absolute Gasteiger partial charge is 0.488 e. The fraction of sp³-hybridized carbons (Fsp3) is 0.207. The summed E-state index contributed by atoms with van der Waals surface area (Å²) in [5, 5.41) is 9.66. The number of hydrogen-bond donors (Lipinski definition) is 1. The van der Waals surface area contributed by atoms with E-state index in [0.717, 1.165) is 22.4 Å². The van der Waals surface area contributed by atoms with Gasteiger partial charge in [-0.2, -0.15) is 4.98 Å². The maximum absolute atomic E-state index is 13.6. The van der Waals surface area contributed by atoms with Crippen molar-refractivity contribution in [3.05, 3.63) is 111 Å². The fourth-order valence-corrected chi connectivity index (χ4v) is 5.32. The molecular formula is C29H26Cl2N4O3S. The lowest BCUT2D eigenvalue weighted by Gasteiger charge is -2.29. The number of hydrogen-bond acceptors (Lipinski definition) is 7. The van der Waals surface area contributed by atoms with Crippen LogP contribution in [0.4, 0.5) is 5.95 Å². The van der Waals surface area contributed by atoms with Gasteiger partial charge in [0, 0.05) is 26.9 Å². The zero-order valence-corrected chi connectivity index (χ0v) is 23.7. The first kappa shape index (κ1) is 27.1. The van der Waals surface area contributed by atoms with E-state index in [-0.39, 0.29) is 13.2 Å². The number of rotatable bonds is 9. The smallest absolute Gasteiger partial charge is 0.338 e. The van der Waals surface area contributed by atoms with Gasteiger partial charge in [-0.3, -0.25) is 0 Å². The molecule has 3 aromatic carbocycles. The monoisotopic (exact) mass is 580 g/mol. The zero-order chi connectivity index (χ0) is 27.4. The summed E-state index contributed by atoms with van der Waals surface area (Å²) in [6.07, 6.45) is 0. The summed E-state index contributed by atoms with van der Waals surface area (Å²) in [7, 11) is 0. The summed E-state index contributed by atoms with van der Waals surface area (Å²) in [5.74, 6) is 1.50. The molecule has 1 aromatic heterocycles. The van der Waals surface area contributed by atoms with Crippen molar-refractivity contribution in [1.29, 1.82) is 0 Å². The Morgan fingerprint density at radius 3 is 2.59 bits per heavy atom. The van der Waals surface area contributed by atoms with Crippen LogP contribution in [0.3, 0.4) is 0 Å². The molecule has 1 aliphatic rings. The molecule has 0 fully saturated rings. The molecule has 2 heterocycles. The normalized spacial score (nSPS) is 14.5. The molecule has 39 heavy (non-hydrogen) atoms. The summed E-state index contributed by atoms with van der Waals surface area (Å²) in [6, 6.07) is 21.8. The molecular weight excluding hydrogens is 555 g/mol. The molecule has 1 atom stereocenters. The van der Waals surface area contributed by atoms with Crippen molar-refractivity contribution in [2.45, 2.75) is 38.3 Å². The number of thioether (sulfide) groups is 1. The second kappa shape index (κ2) is 12.2. The van der Waals surface area contributed by atoms with E-state index in [1.807, 2.05) is 74.5 Å². The Balaban J connectivity index is 1.51. The lowest BCUT2D eigenvalue weighted by Crippen LogP contribution is -2.30. The summed E-state index contributed by atoms with van der Waals surface area (Å²) in [6.45, 7) is 4.25. The van der Waals surface area contributed by atoms with Crippen molar-refractivity contribution in [1.82, 2.24) is 14.8 Å². The summed E-state index contributed by atoms with van der Waals surface area (Å²) >= 11 is 14.0. The minimum atomic E-state index is -0.625. The van der Waals surface area contributed by atoms with Crippen LogP contribution >= 0.6 is 35.0 Å². The van der Waals surface area contributed by atoms with Crippen molar-refractivity contribution < 1.29 is 14.3 Å². The molecule has 4 aromatic rings. The third-order valence-electron chi connectivity index (χ3n) is 6.15. The Kier molecular flexibility index (Phi) is 8.45. The number of carbonyl (C=O) groups excluding carboxylic acids is 1. The molecule has 10 heteroatoms. The predicted octanol–water partition coefficient (Wildman–Crippen LogP) is 7.31. The van der Waals surface area contributed by atoms with Crippen LogP contribution in [-0.2, 0) is 22.7 Å². The minimum Gasteiger partial charge on any atom is -0.488 e. The number of allylic oxidation sites excluding steroid dienone is 1. The first-order chi connectivity index (χ1) is 18.9. The van der Waals surface area contributed by atoms with E-state index in [2.05, 4.69) is 10.3 Å². The number of nitrogens with one attached hydrogen (secondary N) is 1. The quantitative estimate of drug-likeness (QED) is 0.164. The Labute approximate surface area is 241 Å². The highest BCUT2D eigenvalue weighted by atomic mass is 35.5. The standard InChI is InChI=1S/C29H26Cl2N4O3S/c1-3-39-29-33-28-32-18(2)25(27(36)38-16-19-9-5-4-6-10-19)26(35(28)34-29)22-11-7-8-12-24(22)37-17-20-13-14-21(30)15-23(20)31/h4-15,26H,3,16-17H2,1-2H3,(H,32,33,34). The second-order valence-corrected chi connectivity index (χ2v) is 10.9. The van der Waals surface area contributed by atoms with E-state index in [1.165, 1.54) is 11.8 Å². The lowest BCUT2D eigenvalue weighted by molar-refractivity contribution is -0.140. The Bertz CT molecular complexity index is 1520. The van der Waals surface area contributed by atoms with Crippen molar-refractivity contribution in [2.24, 2.45) is 0 Å². The van der Waals surface area contributed by atoms with E-state index in [9.17, 15) is 4.79 Å². The number of halogens is 2. The topological polar surface area (TPSA) is 78.3 Å².